The van der Waals surface area contributed by atoms with Crippen molar-refractivity contribution in [2.24, 2.45) is 11.8 Å². The molecule has 8 heteroatoms. The molecule has 2 aromatic rings. The van der Waals surface area contributed by atoms with E-state index in [1.165, 1.54) is 0 Å². The number of ether oxygens (including phenoxy) is 6. The molecule has 0 saturated carbocycles. The summed E-state index contributed by atoms with van der Waals surface area (Å²) < 4.78 is 32.5. The molecule has 0 radical (unpaired) electrons. The summed E-state index contributed by atoms with van der Waals surface area (Å²) in [4.78, 5) is 0. The van der Waals surface area contributed by atoms with Crippen LogP contribution >= 0.6 is 0 Å². The molecule has 0 amide bonds. The van der Waals surface area contributed by atoms with Gasteiger partial charge in [0.15, 0.2) is 23.0 Å². The Morgan fingerprint density at radius 2 is 0.812 bits per heavy atom. The minimum absolute atomic E-state index is 0.0910. The van der Waals surface area contributed by atoms with Crippen LogP contribution in [0.1, 0.15) is 11.1 Å². The SMILES string of the molecule is COc1cc(C[C@H](CO)[C@@H](CO)Cc2cc(OC)c(OC)c(OC)c2)cc(OC)c1OC. The van der Waals surface area contributed by atoms with Crippen molar-refractivity contribution in [3.05, 3.63) is 35.4 Å². The summed E-state index contributed by atoms with van der Waals surface area (Å²) in [5.41, 5.74) is 1.81. The Hall–Kier alpha value is -2.84. The number of benzene rings is 2. The van der Waals surface area contributed by atoms with Gasteiger partial charge >= 0.3 is 0 Å². The van der Waals surface area contributed by atoms with Crippen molar-refractivity contribution >= 4 is 0 Å². The quantitative estimate of drug-likeness (QED) is 0.481. The molecule has 32 heavy (non-hydrogen) atoms. The van der Waals surface area contributed by atoms with E-state index in [1.807, 2.05) is 24.3 Å². The zero-order valence-electron chi connectivity index (χ0n) is 19.6. The van der Waals surface area contributed by atoms with Gasteiger partial charge in [-0.3, -0.25) is 0 Å². The first-order valence-electron chi connectivity index (χ1n) is 10.3. The van der Waals surface area contributed by atoms with E-state index in [0.29, 0.717) is 47.3 Å². The fourth-order valence-corrected chi connectivity index (χ4v) is 3.87. The van der Waals surface area contributed by atoms with E-state index in [1.54, 1.807) is 42.7 Å². The van der Waals surface area contributed by atoms with Gasteiger partial charge in [0.1, 0.15) is 0 Å². The molecule has 8 nitrogen and oxygen atoms in total. The predicted molar refractivity (Wildman–Crippen MR) is 121 cm³/mol. The molecule has 0 heterocycles. The topological polar surface area (TPSA) is 95.8 Å². The Morgan fingerprint density at radius 3 is 1.00 bits per heavy atom. The molecule has 0 aromatic heterocycles. The molecule has 2 atom stereocenters. The molecule has 0 spiro atoms. The highest BCUT2D eigenvalue weighted by atomic mass is 16.5. The van der Waals surface area contributed by atoms with Crippen LogP contribution in [0.25, 0.3) is 0 Å². The number of aliphatic hydroxyl groups is 2. The number of hydrogen-bond donors (Lipinski definition) is 2. The van der Waals surface area contributed by atoms with Crippen molar-refractivity contribution < 1.29 is 38.6 Å². The van der Waals surface area contributed by atoms with E-state index in [9.17, 15) is 10.2 Å². The highest BCUT2D eigenvalue weighted by Crippen LogP contribution is 2.41. The van der Waals surface area contributed by atoms with Gasteiger partial charge in [-0.1, -0.05) is 0 Å². The van der Waals surface area contributed by atoms with E-state index < -0.39 is 0 Å². The normalized spacial score (nSPS) is 12.6. The maximum absolute atomic E-state index is 10.1. The monoisotopic (exact) mass is 450 g/mol. The van der Waals surface area contributed by atoms with Gasteiger partial charge in [0.25, 0.3) is 0 Å². The Kier molecular flexibility index (Phi) is 9.74. The minimum Gasteiger partial charge on any atom is -0.493 e. The lowest BCUT2D eigenvalue weighted by atomic mass is 9.83. The van der Waals surface area contributed by atoms with Gasteiger partial charge in [-0.15, -0.1) is 0 Å². The van der Waals surface area contributed by atoms with Crippen LogP contribution in [-0.2, 0) is 12.8 Å². The van der Waals surface area contributed by atoms with Crippen molar-refractivity contribution in [2.75, 3.05) is 55.9 Å². The molecule has 0 aliphatic heterocycles. The standard InChI is InChI=1S/C24H34O8/c1-27-19-9-15(10-20(28-2)23(19)31-5)7-17(13-25)18(14-26)8-16-11-21(29-3)24(32-6)22(12-16)30-4/h9-12,17-18,25-26H,7-8,13-14H2,1-6H3/t17-,18-/m1/s1. The second kappa shape index (κ2) is 12.3. The third-order valence-corrected chi connectivity index (χ3v) is 5.58. The van der Waals surface area contributed by atoms with Crippen LogP contribution in [0.3, 0.4) is 0 Å². The molecule has 0 saturated heterocycles. The average Bonchev–Trinajstić information content (AvgIpc) is 2.84. The lowest BCUT2D eigenvalue weighted by molar-refractivity contribution is 0.119. The molecular weight excluding hydrogens is 416 g/mol. The molecule has 0 bridgehead atoms. The molecule has 0 aliphatic rings. The van der Waals surface area contributed by atoms with Crippen LogP contribution in [0.5, 0.6) is 34.5 Å². The van der Waals surface area contributed by atoms with Crippen molar-refractivity contribution in [3.8, 4) is 34.5 Å². The maximum atomic E-state index is 10.1. The fourth-order valence-electron chi connectivity index (χ4n) is 3.87. The predicted octanol–water partition coefficient (Wildman–Crippen LogP) is 2.74. The summed E-state index contributed by atoms with van der Waals surface area (Å²) in [7, 11) is 9.35. The lowest BCUT2D eigenvalue weighted by Crippen LogP contribution is -2.26. The van der Waals surface area contributed by atoms with Crippen LogP contribution < -0.4 is 28.4 Å². The third kappa shape index (κ3) is 5.69. The van der Waals surface area contributed by atoms with Crippen LogP contribution in [0, 0.1) is 11.8 Å². The first-order valence-corrected chi connectivity index (χ1v) is 10.3. The molecule has 0 fully saturated rings. The third-order valence-electron chi connectivity index (χ3n) is 5.58. The van der Waals surface area contributed by atoms with Gasteiger partial charge in [0, 0.05) is 13.2 Å². The van der Waals surface area contributed by atoms with Gasteiger partial charge < -0.3 is 38.6 Å². The molecule has 0 aliphatic carbocycles. The van der Waals surface area contributed by atoms with Gasteiger partial charge in [0.05, 0.1) is 42.7 Å². The van der Waals surface area contributed by atoms with Crippen LogP contribution in [0.15, 0.2) is 24.3 Å². The second-order valence-electron chi connectivity index (χ2n) is 7.36. The summed E-state index contributed by atoms with van der Waals surface area (Å²) in [6.45, 7) is -0.182. The molecular formula is C24H34O8. The van der Waals surface area contributed by atoms with E-state index in [4.69, 9.17) is 28.4 Å². The van der Waals surface area contributed by atoms with Crippen LogP contribution in [0.4, 0.5) is 0 Å². The van der Waals surface area contributed by atoms with Gasteiger partial charge in [-0.05, 0) is 60.1 Å². The van der Waals surface area contributed by atoms with Crippen LogP contribution in [-0.4, -0.2) is 66.1 Å². The van der Waals surface area contributed by atoms with Crippen molar-refractivity contribution in [1.29, 1.82) is 0 Å². The summed E-state index contributed by atoms with van der Waals surface area (Å²) in [6, 6.07) is 7.44. The van der Waals surface area contributed by atoms with Crippen LogP contribution in [0.2, 0.25) is 0 Å². The number of methoxy groups -OCH3 is 6. The minimum atomic E-state index is -0.207. The zero-order chi connectivity index (χ0) is 23.7. The largest absolute Gasteiger partial charge is 0.493 e. The Labute approximate surface area is 189 Å². The van der Waals surface area contributed by atoms with Crippen molar-refractivity contribution in [2.45, 2.75) is 12.8 Å². The summed E-state index contributed by atoms with van der Waals surface area (Å²) >= 11 is 0. The molecule has 2 N–H and O–H groups in total. The first kappa shape index (κ1) is 25.4. The van der Waals surface area contributed by atoms with Gasteiger partial charge in [0.2, 0.25) is 11.5 Å². The van der Waals surface area contributed by atoms with E-state index in [-0.39, 0.29) is 25.0 Å². The van der Waals surface area contributed by atoms with Gasteiger partial charge in [-0.2, -0.15) is 0 Å². The Morgan fingerprint density at radius 1 is 0.531 bits per heavy atom. The Bertz CT molecular complexity index is 746. The van der Waals surface area contributed by atoms with Crippen molar-refractivity contribution in [1.82, 2.24) is 0 Å². The summed E-state index contributed by atoms with van der Waals surface area (Å²) in [5, 5.41) is 20.3. The van der Waals surface area contributed by atoms with E-state index in [0.717, 1.165) is 11.1 Å². The first-order chi connectivity index (χ1) is 15.5. The van der Waals surface area contributed by atoms with Gasteiger partial charge in [-0.25, -0.2) is 0 Å². The van der Waals surface area contributed by atoms with E-state index in [2.05, 4.69) is 0 Å². The zero-order valence-corrected chi connectivity index (χ0v) is 19.6. The van der Waals surface area contributed by atoms with Crippen molar-refractivity contribution in [3.63, 3.8) is 0 Å². The molecule has 2 aromatic carbocycles. The average molecular weight is 451 g/mol. The molecule has 2 rings (SSSR count). The second-order valence-corrected chi connectivity index (χ2v) is 7.36. The number of hydrogen-bond acceptors (Lipinski definition) is 8. The smallest absolute Gasteiger partial charge is 0.203 e. The maximum Gasteiger partial charge on any atom is 0.203 e. The summed E-state index contributed by atoms with van der Waals surface area (Å²) in [6.07, 6.45) is 1.03. The molecule has 178 valence electrons. The van der Waals surface area contributed by atoms with E-state index >= 15 is 0 Å². The fraction of sp³-hybridized carbons (Fsp3) is 0.500. The highest BCUT2D eigenvalue weighted by Gasteiger charge is 2.24. The number of rotatable bonds is 13. The summed E-state index contributed by atoms with van der Waals surface area (Å²) in [5.74, 6) is 2.79. The lowest BCUT2D eigenvalue weighted by Gasteiger charge is -2.25. The highest BCUT2D eigenvalue weighted by molar-refractivity contribution is 5.55. The Balaban J connectivity index is 2.32. The number of aliphatic hydroxyl groups excluding tert-OH is 2. The molecule has 0 unspecified atom stereocenters.